The Bertz CT molecular complexity index is 11.6. The fourth-order valence-corrected chi connectivity index (χ4v) is 0. The van der Waals surface area contributed by atoms with Crippen LogP contribution in [0.15, 0.2) is 0 Å². The monoisotopic (exact) mass is 457 g/mol. The molecule has 1 nitrogen and oxygen atoms in total. The van der Waals surface area contributed by atoms with Crippen molar-refractivity contribution in [1.82, 2.24) is 0 Å². The molecule has 0 bridgehead atoms. The average Bonchev–Trinajstić information content (AvgIpc) is 0.811. The molecule has 0 aromatic rings. The molecule has 0 aromatic carbocycles. The Kier molecular flexibility index (Phi) is 14.1. The van der Waals surface area contributed by atoms with Crippen LogP contribution in [-0.4, -0.2) is 5.48 Å². The van der Waals surface area contributed by atoms with E-state index in [1.54, 1.807) is 0 Å². The van der Waals surface area contributed by atoms with Gasteiger partial charge in [0.1, 0.15) is 0 Å². The SMILES string of the molecule is O.[I][Ni]([I])[I]. The van der Waals surface area contributed by atoms with E-state index in [0.717, 1.165) is 0 Å². The Hall–Kier alpha value is 2.64. The summed E-state index contributed by atoms with van der Waals surface area (Å²) in [5.74, 6) is 0. The van der Waals surface area contributed by atoms with Crippen LogP contribution in [0, 0.1) is 0 Å². The molecule has 39 valence electrons. The van der Waals surface area contributed by atoms with Crippen molar-refractivity contribution in [3.63, 3.8) is 0 Å². The van der Waals surface area contributed by atoms with Crippen molar-refractivity contribution >= 4 is 61.5 Å². The molecule has 0 heterocycles. The molecular weight excluding hydrogens is 455 g/mol. The second-order valence-corrected chi connectivity index (χ2v) is 25.1. The molecule has 0 spiro atoms. The van der Waals surface area contributed by atoms with Crippen molar-refractivity contribution in [3.05, 3.63) is 0 Å². The van der Waals surface area contributed by atoms with Crippen molar-refractivity contribution in [2.75, 3.05) is 0 Å². The van der Waals surface area contributed by atoms with Gasteiger partial charge in [0, 0.05) is 0 Å². The molecule has 0 saturated carbocycles. The Morgan fingerprint density at radius 3 is 1.00 bits per heavy atom. The van der Waals surface area contributed by atoms with Gasteiger partial charge in [0.25, 0.3) is 0 Å². The van der Waals surface area contributed by atoms with Gasteiger partial charge in [-0.05, 0) is 0 Å². The zero-order chi connectivity index (χ0) is 3.58. The molecule has 0 atom stereocenters. The Balaban J connectivity index is 0. The van der Waals surface area contributed by atoms with Crippen LogP contribution in [0.2, 0.25) is 0 Å². The molecule has 5 heavy (non-hydrogen) atoms. The van der Waals surface area contributed by atoms with E-state index in [1.165, 1.54) is 0 Å². The van der Waals surface area contributed by atoms with Gasteiger partial charge in [-0.15, -0.1) is 0 Å². The maximum atomic E-state index is 2.36. The van der Waals surface area contributed by atoms with Crippen LogP contribution in [0.3, 0.4) is 0 Å². The summed E-state index contributed by atoms with van der Waals surface area (Å²) < 4.78 is 0.452. The van der Waals surface area contributed by atoms with Gasteiger partial charge < -0.3 is 5.48 Å². The van der Waals surface area contributed by atoms with Crippen molar-refractivity contribution in [2.45, 2.75) is 0 Å². The Labute approximate surface area is 69.2 Å². The van der Waals surface area contributed by atoms with Crippen molar-refractivity contribution in [1.29, 1.82) is 0 Å². The van der Waals surface area contributed by atoms with E-state index in [9.17, 15) is 0 Å². The third kappa shape index (κ3) is 20.5. The minimum atomic E-state index is 0. The van der Waals surface area contributed by atoms with Crippen LogP contribution in [0.1, 0.15) is 0 Å². The molecule has 0 aliphatic heterocycles. The molecule has 0 aliphatic carbocycles. The standard InChI is InChI=1S/3HI.Ni.H2O/h3*1H;;1H2/q;;;+3;/p-3. The van der Waals surface area contributed by atoms with Crippen LogP contribution in [0.4, 0.5) is 0 Å². The van der Waals surface area contributed by atoms with Gasteiger partial charge in [0.15, 0.2) is 0 Å². The van der Waals surface area contributed by atoms with E-state index in [4.69, 9.17) is 0 Å². The van der Waals surface area contributed by atoms with Crippen LogP contribution >= 0.6 is 61.5 Å². The van der Waals surface area contributed by atoms with Gasteiger partial charge in [-0.3, -0.25) is 0 Å². The van der Waals surface area contributed by atoms with E-state index < -0.39 is 0 Å². The number of rotatable bonds is 0. The van der Waals surface area contributed by atoms with Crippen molar-refractivity contribution < 1.29 is 9.34 Å². The molecule has 0 rings (SSSR count). The fraction of sp³-hybridized carbons (Fsp3) is 0. The van der Waals surface area contributed by atoms with Gasteiger partial charge in [-0.25, -0.2) is 0 Å². The molecule has 0 saturated heterocycles. The summed E-state index contributed by atoms with van der Waals surface area (Å²) in [5, 5.41) is 0. The third-order valence-corrected chi connectivity index (χ3v) is 0. The van der Waals surface area contributed by atoms with Crippen LogP contribution in [-0.2, 0) is 3.86 Å². The summed E-state index contributed by atoms with van der Waals surface area (Å²) >= 11 is 7.08. The van der Waals surface area contributed by atoms with Crippen LogP contribution in [0.5, 0.6) is 0 Å². The second-order valence-electron chi connectivity index (χ2n) is 0.136. The summed E-state index contributed by atoms with van der Waals surface area (Å²) in [5.41, 5.74) is 0. The first-order chi connectivity index (χ1) is 1.73. The summed E-state index contributed by atoms with van der Waals surface area (Å²) in [4.78, 5) is 0. The topological polar surface area (TPSA) is 31.5 Å². The molecule has 0 amide bonds. The van der Waals surface area contributed by atoms with E-state index in [0.29, 0.717) is 3.86 Å². The predicted octanol–water partition coefficient (Wildman–Crippen LogP) is 1.83. The normalized spacial score (nSPS) is 9.00. The first kappa shape index (κ1) is 10.6. The fourth-order valence-electron chi connectivity index (χ4n) is 0. The van der Waals surface area contributed by atoms with Gasteiger partial charge in [-0.2, -0.15) is 0 Å². The Morgan fingerprint density at radius 2 is 1.00 bits per heavy atom. The maximum absolute atomic E-state index is 2.36. The first-order valence-corrected chi connectivity index (χ1v) is 9.92. The molecular formula is H2I3NiO. The van der Waals surface area contributed by atoms with E-state index >= 15 is 0 Å². The number of hydrogen-bond donors (Lipinski definition) is 0. The summed E-state index contributed by atoms with van der Waals surface area (Å²) in [6.45, 7) is 0. The molecule has 2 N–H and O–H groups in total. The zero-order valence-electron chi connectivity index (χ0n) is 1.95. The number of halogens is 3. The quantitative estimate of drug-likeness (QED) is 0.393. The molecule has 0 unspecified atom stereocenters. The van der Waals surface area contributed by atoms with Gasteiger partial charge >= 0.3 is 65.3 Å². The third-order valence-electron chi connectivity index (χ3n) is 0. The van der Waals surface area contributed by atoms with E-state index in [-0.39, 0.29) is 5.48 Å². The van der Waals surface area contributed by atoms with Crippen molar-refractivity contribution in [2.24, 2.45) is 0 Å². The molecule has 5 heteroatoms. The molecule has 0 aromatic heterocycles. The van der Waals surface area contributed by atoms with Crippen LogP contribution in [0.25, 0.3) is 0 Å². The minimum absolute atomic E-state index is 0. The van der Waals surface area contributed by atoms with Crippen molar-refractivity contribution in [3.8, 4) is 0 Å². The summed E-state index contributed by atoms with van der Waals surface area (Å²) in [6.07, 6.45) is 0. The van der Waals surface area contributed by atoms with Gasteiger partial charge in [0.2, 0.25) is 0 Å². The zero-order valence-corrected chi connectivity index (χ0v) is 9.41. The van der Waals surface area contributed by atoms with E-state index in [2.05, 4.69) is 61.5 Å². The Morgan fingerprint density at radius 1 is 1.00 bits per heavy atom. The molecule has 0 fully saturated rings. The van der Waals surface area contributed by atoms with Gasteiger partial charge in [-0.1, -0.05) is 0 Å². The molecule has 0 radical (unpaired) electrons. The predicted molar refractivity (Wildman–Crippen MR) is 45.7 cm³/mol. The van der Waals surface area contributed by atoms with Crippen LogP contribution < -0.4 is 0 Å². The molecule has 0 aliphatic rings. The second kappa shape index (κ2) is 6.64. The summed E-state index contributed by atoms with van der Waals surface area (Å²) in [6, 6.07) is 0. The van der Waals surface area contributed by atoms with E-state index in [1.807, 2.05) is 0 Å². The average molecular weight is 457 g/mol. The van der Waals surface area contributed by atoms with Gasteiger partial charge in [0.05, 0.1) is 0 Å². The first-order valence-electron chi connectivity index (χ1n) is 0.359. The number of hydrogen-bond acceptors (Lipinski definition) is 0. The summed E-state index contributed by atoms with van der Waals surface area (Å²) in [7, 11) is 0.